The number of hydrogen-bond donors (Lipinski definition) is 2. The van der Waals surface area contributed by atoms with E-state index in [4.69, 9.17) is 4.74 Å². The lowest BCUT2D eigenvalue weighted by Gasteiger charge is -2.26. The molecule has 176 valence electrons. The van der Waals surface area contributed by atoms with E-state index in [9.17, 15) is 9.18 Å². The van der Waals surface area contributed by atoms with Crippen LogP contribution in [0.1, 0.15) is 40.0 Å². The number of aryl methyl sites for hydroxylation is 1. The van der Waals surface area contributed by atoms with Gasteiger partial charge in [-0.1, -0.05) is 43.3 Å². The van der Waals surface area contributed by atoms with Crippen molar-refractivity contribution in [2.75, 3.05) is 17.7 Å². The van der Waals surface area contributed by atoms with Crippen molar-refractivity contribution >= 4 is 23.1 Å². The van der Waals surface area contributed by atoms with Crippen molar-refractivity contribution in [2.24, 2.45) is 0 Å². The molecule has 0 bridgehead atoms. The second-order valence-electron chi connectivity index (χ2n) is 8.29. The number of hydrogen-bond acceptors (Lipinski definition) is 4. The first-order valence-electron chi connectivity index (χ1n) is 11.4. The van der Waals surface area contributed by atoms with Crippen LogP contribution in [0.15, 0.2) is 85.1 Å². The number of rotatable bonds is 6. The van der Waals surface area contributed by atoms with Crippen molar-refractivity contribution < 1.29 is 13.9 Å². The van der Waals surface area contributed by atoms with Gasteiger partial charge in [-0.05, 0) is 65.6 Å². The minimum atomic E-state index is -0.363. The average molecular weight is 469 g/mol. The van der Waals surface area contributed by atoms with Crippen LogP contribution in [0.5, 0.6) is 5.75 Å². The molecule has 1 aromatic heterocycles. The molecule has 0 aliphatic carbocycles. The van der Waals surface area contributed by atoms with Crippen LogP contribution < -0.4 is 15.4 Å². The predicted molar refractivity (Wildman–Crippen MR) is 135 cm³/mol. The van der Waals surface area contributed by atoms with E-state index in [2.05, 4.69) is 53.0 Å². The lowest BCUT2D eigenvalue weighted by molar-refractivity contribution is 0.102. The molecule has 1 aliphatic rings. The van der Waals surface area contributed by atoms with Gasteiger partial charge < -0.3 is 15.4 Å². The molecule has 5 rings (SSSR count). The van der Waals surface area contributed by atoms with Crippen molar-refractivity contribution in [3.8, 4) is 5.75 Å². The first kappa shape index (κ1) is 22.4. The number of nitrogens with zero attached hydrogens (tertiary/aromatic N) is 2. The van der Waals surface area contributed by atoms with E-state index in [1.54, 1.807) is 18.0 Å². The number of halogens is 1. The number of aromatic nitrogens is 2. The van der Waals surface area contributed by atoms with E-state index in [0.717, 1.165) is 29.0 Å². The van der Waals surface area contributed by atoms with E-state index in [-0.39, 0.29) is 17.8 Å². The molecular formula is C28H25FN4O2. The van der Waals surface area contributed by atoms with Gasteiger partial charge in [0.15, 0.2) is 0 Å². The molecular weight excluding hydrogens is 443 g/mol. The minimum Gasteiger partial charge on any atom is -0.497 e. The van der Waals surface area contributed by atoms with Crippen LogP contribution in [0.25, 0.3) is 5.70 Å². The zero-order valence-corrected chi connectivity index (χ0v) is 19.5. The molecule has 1 amide bonds. The highest BCUT2D eigenvalue weighted by Gasteiger charge is 2.28. The lowest BCUT2D eigenvalue weighted by atomic mass is 10.00. The standard InChI is InChI=1S/C28H25FN4O2/c1-3-18-7-9-19(10-8-18)25-16-26(20-5-4-6-23(15-20)35-2)33-27(32-25)24(17-30-33)28(34)31-22-13-11-21(29)12-14-22/h4-17,26,32H,3H2,1-2H3,(H,31,34). The van der Waals surface area contributed by atoms with E-state index >= 15 is 0 Å². The second kappa shape index (κ2) is 9.46. The maximum Gasteiger partial charge on any atom is 0.261 e. The lowest BCUT2D eigenvalue weighted by Crippen LogP contribution is -2.22. The Kier molecular flexibility index (Phi) is 6.06. The van der Waals surface area contributed by atoms with Crippen LogP contribution in [-0.2, 0) is 6.42 Å². The van der Waals surface area contributed by atoms with Gasteiger partial charge in [-0.25, -0.2) is 9.07 Å². The summed E-state index contributed by atoms with van der Waals surface area (Å²) >= 11 is 0. The average Bonchev–Trinajstić information content (AvgIpc) is 3.34. The molecule has 2 heterocycles. The summed E-state index contributed by atoms with van der Waals surface area (Å²) in [5.41, 5.74) is 5.00. The van der Waals surface area contributed by atoms with Gasteiger partial charge in [-0.3, -0.25) is 4.79 Å². The van der Waals surface area contributed by atoms with Crippen molar-refractivity contribution in [2.45, 2.75) is 19.4 Å². The SMILES string of the molecule is CCc1ccc(C2=CC(c3cccc(OC)c3)n3ncc(C(=O)Nc4ccc(F)cc4)c3N2)cc1. The topological polar surface area (TPSA) is 68.2 Å². The molecule has 0 fully saturated rings. The van der Waals surface area contributed by atoms with E-state index in [0.29, 0.717) is 17.1 Å². The van der Waals surface area contributed by atoms with Gasteiger partial charge in [-0.2, -0.15) is 5.10 Å². The highest BCUT2D eigenvalue weighted by Crippen LogP contribution is 2.36. The number of fused-ring (bicyclic) bond motifs is 1. The Morgan fingerprint density at radius 2 is 1.89 bits per heavy atom. The van der Waals surface area contributed by atoms with Crippen LogP contribution in [0.4, 0.5) is 15.9 Å². The summed E-state index contributed by atoms with van der Waals surface area (Å²) in [6.45, 7) is 2.12. The van der Waals surface area contributed by atoms with Gasteiger partial charge in [0.25, 0.3) is 5.91 Å². The number of nitrogens with one attached hydrogen (secondary N) is 2. The Balaban J connectivity index is 1.55. The molecule has 0 spiro atoms. The maximum absolute atomic E-state index is 13.3. The fourth-order valence-corrected chi connectivity index (χ4v) is 4.14. The largest absolute Gasteiger partial charge is 0.497 e. The van der Waals surface area contributed by atoms with Gasteiger partial charge in [0.05, 0.1) is 19.3 Å². The number of amides is 1. The zero-order chi connectivity index (χ0) is 24.4. The highest BCUT2D eigenvalue weighted by molar-refractivity contribution is 6.08. The highest BCUT2D eigenvalue weighted by atomic mass is 19.1. The van der Waals surface area contributed by atoms with Gasteiger partial charge in [0.2, 0.25) is 0 Å². The second-order valence-corrected chi connectivity index (χ2v) is 8.29. The van der Waals surface area contributed by atoms with Crippen molar-refractivity contribution in [1.82, 2.24) is 9.78 Å². The smallest absolute Gasteiger partial charge is 0.261 e. The molecule has 0 radical (unpaired) electrons. The summed E-state index contributed by atoms with van der Waals surface area (Å²) in [4.78, 5) is 13.2. The molecule has 6 nitrogen and oxygen atoms in total. The summed E-state index contributed by atoms with van der Waals surface area (Å²) in [5.74, 6) is 0.621. The Bertz CT molecular complexity index is 1390. The Morgan fingerprint density at radius 3 is 2.60 bits per heavy atom. The van der Waals surface area contributed by atoms with Crippen molar-refractivity contribution in [3.05, 3.63) is 113 Å². The van der Waals surface area contributed by atoms with Crippen LogP contribution in [0, 0.1) is 5.82 Å². The van der Waals surface area contributed by atoms with Gasteiger partial charge in [0, 0.05) is 11.4 Å². The summed E-state index contributed by atoms with van der Waals surface area (Å²) < 4.78 is 20.5. The number of allylic oxidation sites excluding steroid dienone is 1. The van der Waals surface area contributed by atoms with Crippen LogP contribution in [0.2, 0.25) is 0 Å². The maximum atomic E-state index is 13.3. The van der Waals surface area contributed by atoms with Gasteiger partial charge in [0.1, 0.15) is 22.9 Å². The Labute approximate surface area is 203 Å². The third-order valence-electron chi connectivity index (χ3n) is 6.09. The van der Waals surface area contributed by atoms with Crippen LogP contribution >= 0.6 is 0 Å². The van der Waals surface area contributed by atoms with E-state index < -0.39 is 0 Å². The third kappa shape index (κ3) is 4.53. The molecule has 35 heavy (non-hydrogen) atoms. The quantitative estimate of drug-likeness (QED) is 0.370. The number of benzene rings is 3. The minimum absolute atomic E-state index is 0.255. The van der Waals surface area contributed by atoms with Crippen molar-refractivity contribution in [1.29, 1.82) is 0 Å². The molecule has 1 unspecified atom stereocenters. The molecule has 2 N–H and O–H groups in total. The molecule has 1 aliphatic heterocycles. The van der Waals surface area contributed by atoms with E-state index in [1.807, 2.05) is 24.3 Å². The number of ether oxygens (including phenoxy) is 1. The van der Waals surface area contributed by atoms with Crippen LogP contribution in [0.3, 0.4) is 0 Å². The zero-order valence-electron chi connectivity index (χ0n) is 19.5. The molecule has 3 aromatic carbocycles. The number of carbonyl (C=O) groups excluding carboxylic acids is 1. The molecule has 1 atom stereocenters. The molecule has 0 saturated carbocycles. The first-order chi connectivity index (χ1) is 17.1. The third-order valence-corrected chi connectivity index (χ3v) is 6.09. The van der Waals surface area contributed by atoms with Gasteiger partial charge >= 0.3 is 0 Å². The Morgan fingerprint density at radius 1 is 1.11 bits per heavy atom. The monoisotopic (exact) mass is 468 g/mol. The van der Waals surface area contributed by atoms with Crippen LogP contribution in [-0.4, -0.2) is 22.8 Å². The van der Waals surface area contributed by atoms with E-state index in [1.165, 1.54) is 29.8 Å². The van der Waals surface area contributed by atoms with Crippen molar-refractivity contribution in [3.63, 3.8) is 0 Å². The fraction of sp³-hybridized carbons (Fsp3) is 0.143. The number of methoxy groups -OCH3 is 1. The molecule has 4 aromatic rings. The number of carbonyl (C=O) groups is 1. The summed E-state index contributed by atoms with van der Waals surface area (Å²) in [5, 5.41) is 10.8. The summed E-state index contributed by atoms with van der Waals surface area (Å²) in [6.07, 6.45) is 4.60. The Hall–Kier alpha value is -4.39. The first-order valence-corrected chi connectivity index (χ1v) is 11.4. The number of anilines is 2. The normalized spacial score (nSPS) is 14.5. The van der Waals surface area contributed by atoms with Gasteiger partial charge in [-0.15, -0.1) is 0 Å². The fourth-order valence-electron chi connectivity index (χ4n) is 4.14. The predicted octanol–water partition coefficient (Wildman–Crippen LogP) is 5.90. The summed E-state index contributed by atoms with van der Waals surface area (Å²) in [6, 6.07) is 21.6. The summed E-state index contributed by atoms with van der Waals surface area (Å²) in [7, 11) is 1.63. The molecule has 7 heteroatoms. The molecule has 0 saturated heterocycles.